The van der Waals surface area contributed by atoms with E-state index in [2.05, 4.69) is 6.08 Å². The van der Waals surface area contributed by atoms with E-state index in [0.717, 1.165) is 6.42 Å². The first kappa shape index (κ1) is 8.75. The van der Waals surface area contributed by atoms with Crippen molar-refractivity contribution in [1.29, 1.82) is 0 Å². The summed E-state index contributed by atoms with van der Waals surface area (Å²) >= 11 is 0. The molecule has 1 aliphatic carbocycles. The summed E-state index contributed by atoms with van der Waals surface area (Å²) in [6.07, 6.45) is 7.03. The molecule has 0 aromatic rings. The fourth-order valence-corrected chi connectivity index (χ4v) is 1.48. The van der Waals surface area contributed by atoms with Crippen LogP contribution in [0.5, 0.6) is 0 Å². The van der Waals surface area contributed by atoms with E-state index in [1.54, 1.807) is 14.2 Å². The second-order valence-corrected chi connectivity index (χ2v) is 2.83. The van der Waals surface area contributed by atoms with Gasteiger partial charge in [0.1, 0.15) is 0 Å². The fraction of sp³-hybridized carbons (Fsp3) is 0.778. The Labute approximate surface area is 68.2 Å². The molecule has 1 rings (SSSR count). The largest absolute Gasteiger partial charge is 0.352 e. The van der Waals surface area contributed by atoms with Gasteiger partial charge in [-0.1, -0.05) is 6.08 Å². The highest BCUT2D eigenvalue weighted by atomic mass is 16.7. The van der Waals surface area contributed by atoms with Crippen molar-refractivity contribution in [2.75, 3.05) is 14.2 Å². The van der Waals surface area contributed by atoms with Gasteiger partial charge in [-0.05, 0) is 31.3 Å². The van der Waals surface area contributed by atoms with E-state index in [0.29, 0.717) is 0 Å². The molecule has 1 aliphatic rings. The Hall–Kier alpha value is -0.340. The average molecular weight is 156 g/mol. The van der Waals surface area contributed by atoms with Gasteiger partial charge in [0.15, 0.2) is 6.29 Å². The predicted molar refractivity (Wildman–Crippen MR) is 44.4 cm³/mol. The average Bonchev–Trinajstić information content (AvgIpc) is 2.09. The minimum Gasteiger partial charge on any atom is -0.352 e. The van der Waals surface area contributed by atoms with Gasteiger partial charge in [-0.15, -0.1) is 0 Å². The molecular weight excluding hydrogens is 140 g/mol. The molecule has 0 unspecified atom stereocenters. The first-order valence-electron chi connectivity index (χ1n) is 4.13. The molecule has 0 bridgehead atoms. The van der Waals surface area contributed by atoms with E-state index in [-0.39, 0.29) is 6.29 Å². The van der Waals surface area contributed by atoms with Crippen molar-refractivity contribution in [3.05, 3.63) is 11.6 Å². The van der Waals surface area contributed by atoms with E-state index >= 15 is 0 Å². The molecule has 0 N–H and O–H groups in total. The zero-order valence-electron chi connectivity index (χ0n) is 7.30. The summed E-state index contributed by atoms with van der Waals surface area (Å²) in [6.45, 7) is 0. The summed E-state index contributed by atoms with van der Waals surface area (Å²) < 4.78 is 10.3. The first-order chi connectivity index (χ1) is 5.38. The normalized spacial score (nSPS) is 18.6. The molecule has 64 valence electrons. The maximum atomic E-state index is 5.15. The van der Waals surface area contributed by atoms with Crippen LogP contribution in [-0.2, 0) is 9.47 Å². The van der Waals surface area contributed by atoms with E-state index in [1.807, 2.05) is 0 Å². The minimum atomic E-state index is -0.102. The molecular formula is C9H16O2. The van der Waals surface area contributed by atoms with Gasteiger partial charge in [0.25, 0.3) is 0 Å². The molecule has 11 heavy (non-hydrogen) atoms. The Morgan fingerprint density at radius 1 is 1.27 bits per heavy atom. The maximum absolute atomic E-state index is 5.15. The van der Waals surface area contributed by atoms with Crippen LogP contribution in [0, 0.1) is 0 Å². The third-order valence-electron chi connectivity index (χ3n) is 2.06. The molecule has 0 saturated carbocycles. The van der Waals surface area contributed by atoms with Crippen LogP contribution in [0.25, 0.3) is 0 Å². The maximum Gasteiger partial charge on any atom is 0.179 e. The van der Waals surface area contributed by atoms with Crippen LogP contribution in [0.1, 0.15) is 25.7 Å². The number of methoxy groups -OCH3 is 2. The third kappa shape index (κ3) is 2.31. The van der Waals surface area contributed by atoms with Crippen molar-refractivity contribution in [1.82, 2.24) is 0 Å². The highest BCUT2D eigenvalue weighted by molar-refractivity contribution is 5.07. The predicted octanol–water partition coefficient (Wildman–Crippen LogP) is 2.11. The van der Waals surface area contributed by atoms with Gasteiger partial charge in [0.05, 0.1) is 0 Å². The number of hydrogen-bond donors (Lipinski definition) is 0. The Bertz CT molecular complexity index is 136. The number of rotatable bonds is 3. The molecule has 0 fully saturated rings. The third-order valence-corrected chi connectivity index (χ3v) is 2.06. The van der Waals surface area contributed by atoms with Gasteiger partial charge < -0.3 is 9.47 Å². The smallest absolute Gasteiger partial charge is 0.179 e. The summed E-state index contributed by atoms with van der Waals surface area (Å²) in [5.41, 5.74) is 1.31. The van der Waals surface area contributed by atoms with Gasteiger partial charge in [0, 0.05) is 14.2 Å². The van der Waals surface area contributed by atoms with Crippen LogP contribution in [0.15, 0.2) is 11.6 Å². The van der Waals surface area contributed by atoms with Gasteiger partial charge in [-0.25, -0.2) is 0 Å². The Morgan fingerprint density at radius 2 is 2.00 bits per heavy atom. The number of hydrogen-bond acceptors (Lipinski definition) is 2. The Morgan fingerprint density at radius 3 is 2.45 bits per heavy atom. The second kappa shape index (κ2) is 4.52. The van der Waals surface area contributed by atoms with E-state index in [9.17, 15) is 0 Å². The second-order valence-electron chi connectivity index (χ2n) is 2.83. The van der Waals surface area contributed by atoms with Gasteiger partial charge >= 0.3 is 0 Å². The standard InChI is InChI=1S/C9H16O2/c1-10-9(11-2)8-6-4-3-5-7-8/h6,9H,3-5,7H2,1-2H3. The van der Waals surface area contributed by atoms with Crippen molar-refractivity contribution in [3.63, 3.8) is 0 Å². The lowest BCUT2D eigenvalue weighted by atomic mass is 9.99. The molecule has 0 aromatic carbocycles. The van der Waals surface area contributed by atoms with Crippen molar-refractivity contribution >= 4 is 0 Å². The summed E-state index contributed by atoms with van der Waals surface area (Å²) in [5, 5.41) is 0. The molecule has 0 aliphatic heterocycles. The fourth-order valence-electron chi connectivity index (χ4n) is 1.48. The first-order valence-corrected chi connectivity index (χ1v) is 4.13. The lowest BCUT2D eigenvalue weighted by Gasteiger charge is -2.20. The van der Waals surface area contributed by atoms with E-state index in [4.69, 9.17) is 9.47 Å². The minimum absolute atomic E-state index is 0.102. The van der Waals surface area contributed by atoms with Crippen LogP contribution in [0.3, 0.4) is 0 Å². The van der Waals surface area contributed by atoms with Crippen molar-refractivity contribution in [3.8, 4) is 0 Å². The van der Waals surface area contributed by atoms with Crippen LogP contribution in [0.4, 0.5) is 0 Å². The molecule has 2 heteroatoms. The molecule has 0 radical (unpaired) electrons. The molecule has 0 heterocycles. The highest BCUT2D eigenvalue weighted by Gasteiger charge is 2.13. The van der Waals surface area contributed by atoms with Crippen molar-refractivity contribution < 1.29 is 9.47 Å². The van der Waals surface area contributed by atoms with E-state index < -0.39 is 0 Å². The molecule has 0 atom stereocenters. The lowest BCUT2D eigenvalue weighted by molar-refractivity contribution is -0.0774. The summed E-state index contributed by atoms with van der Waals surface area (Å²) in [7, 11) is 3.37. The summed E-state index contributed by atoms with van der Waals surface area (Å²) in [5.74, 6) is 0. The Balaban J connectivity index is 2.48. The molecule has 0 saturated heterocycles. The van der Waals surface area contributed by atoms with Gasteiger partial charge in [0.2, 0.25) is 0 Å². The molecule has 0 spiro atoms. The summed E-state index contributed by atoms with van der Waals surface area (Å²) in [4.78, 5) is 0. The SMILES string of the molecule is COC(OC)C1=CCCCC1. The molecule has 2 nitrogen and oxygen atoms in total. The monoisotopic (exact) mass is 156 g/mol. The number of allylic oxidation sites excluding steroid dienone is 1. The quantitative estimate of drug-likeness (QED) is 0.460. The van der Waals surface area contributed by atoms with Crippen molar-refractivity contribution in [2.45, 2.75) is 32.0 Å². The number of ether oxygens (including phenoxy) is 2. The van der Waals surface area contributed by atoms with Crippen LogP contribution in [-0.4, -0.2) is 20.5 Å². The Kier molecular flexibility index (Phi) is 3.60. The van der Waals surface area contributed by atoms with Gasteiger partial charge in [-0.2, -0.15) is 0 Å². The molecule has 0 amide bonds. The zero-order valence-corrected chi connectivity index (χ0v) is 7.30. The molecule has 0 aromatic heterocycles. The van der Waals surface area contributed by atoms with Crippen LogP contribution in [0.2, 0.25) is 0 Å². The zero-order chi connectivity index (χ0) is 8.10. The van der Waals surface area contributed by atoms with Crippen LogP contribution < -0.4 is 0 Å². The van der Waals surface area contributed by atoms with E-state index in [1.165, 1.54) is 24.8 Å². The van der Waals surface area contributed by atoms with Crippen molar-refractivity contribution in [2.24, 2.45) is 0 Å². The highest BCUT2D eigenvalue weighted by Crippen LogP contribution is 2.21. The topological polar surface area (TPSA) is 18.5 Å². The lowest BCUT2D eigenvalue weighted by Crippen LogP contribution is -2.17. The van der Waals surface area contributed by atoms with Gasteiger partial charge in [-0.3, -0.25) is 0 Å². The summed E-state index contributed by atoms with van der Waals surface area (Å²) in [6, 6.07) is 0. The van der Waals surface area contributed by atoms with Crippen LogP contribution >= 0.6 is 0 Å².